The number of nitrogen functional groups attached to an aromatic ring is 1. The number of hydrogen-bond donors (Lipinski definition) is 3. The first-order chi connectivity index (χ1) is 16.0. The lowest BCUT2D eigenvalue weighted by atomic mass is 10.2. The van der Waals surface area contributed by atoms with Crippen LogP contribution >= 0.6 is 11.3 Å². The van der Waals surface area contributed by atoms with Crippen LogP contribution in [0.2, 0.25) is 0 Å². The minimum Gasteiger partial charge on any atom is -0.415 e. The van der Waals surface area contributed by atoms with Crippen LogP contribution in [0.4, 0.5) is 21.4 Å². The van der Waals surface area contributed by atoms with Gasteiger partial charge in [-0.1, -0.05) is 41.7 Å². The highest BCUT2D eigenvalue weighted by atomic mass is 32.1. The summed E-state index contributed by atoms with van der Waals surface area (Å²) in [6.07, 6.45) is 2.61. The number of nitrogens with zero attached hydrogens (tertiary/aromatic N) is 3. The predicted octanol–water partition coefficient (Wildman–Crippen LogP) is 4.43. The van der Waals surface area contributed by atoms with Crippen molar-refractivity contribution < 1.29 is 18.8 Å². The molecule has 0 saturated carbocycles. The van der Waals surface area contributed by atoms with Gasteiger partial charge in [0, 0.05) is 18.5 Å². The van der Waals surface area contributed by atoms with E-state index in [4.69, 9.17) is 10.5 Å². The number of nitrogens with two attached hydrogens (primary N) is 1. The zero-order chi connectivity index (χ0) is 22.8. The van der Waals surface area contributed by atoms with Crippen molar-refractivity contribution in [1.82, 2.24) is 15.0 Å². The Bertz CT molecular complexity index is 1310. The number of rotatable bonds is 5. The fourth-order valence-corrected chi connectivity index (χ4v) is 4.98. The SMILES string of the molecule is Nc1nc(Nc2ccc3nc[nH]c3c2)sc1C(=O)[N+]1(C(=O)OCc2ccccc2)CCCC1. The smallest absolute Gasteiger partial charge is 0.415 e. The summed E-state index contributed by atoms with van der Waals surface area (Å²) in [5.74, 6) is -0.256. The van der Waals surface area contributed by atoms with Gasteiger partial charge in [-0.2, -0.15) is 9.28 Å². The maximum atomic E-state index is 13.6. The first-order valence-electron chi connectivity index (χ1n) is 10.6. The van der Waals surface area contributed by atoms with Gasteiger partial charge in [0.05, 0.1) is 30.5 Å². The van der Waals surface area contributed by atoms with E-state index in [9.17, 15) is 9.59 Å². The number of amides is 2. The standard InChI is InChI=1S/C23H22N6O3S/c24-20-19(33-22(28-20)27-16-8-9-17-18(12-16)26-14-25-17)21(30)29(10-4-5-11-29)23(31)32-13-15-6-2-1-3-7-15/h1-3,6-9,12,14H,4-5,10-11,13H2,(H3-,24,25,26,27,28,30)/p+1. The van der Waals surface area contributed by atoms with Crippen molar-refractivity contribution in [3.63, 3.8) is 0 Å². The van der Waals surface area contributed by atoms with Crippen molar-refractivity contribution in [1.29, 1.82) is 0 Å². The van der Waals surface area contributed by atoms with Gasteiger partial charge >= 0.3 is 12.0 Å². The first-order valence-corrected chi connectivity index (χ1v) is 11.5. The highest BCUT2D eigenvalue weighted by Crippen LogP contribution is 2.34. The monoisotopic (exact) mass is 463 g/mol. The summed E-state index contributed by atoms with van der Waals surface area (Å²) < 4.78 is 5.17. The first kappa shape index (κ1) is 21.1. The number of carbonyl (C=O) groups excluding carboxylic acids is 2. The quantitative estimate of drug-likeness (QED) is 0.374. The summed E-state index contributed by atoms with van der Waals surface area (Å²) >= 11 is 1.14. The third kappa shape index (κ3) is 4.06. The van der Waals surface area contributed by atoms with Gasteiger partial charge in [0.25, 0.3) is 0 Å². The van der Waals surface area contributed by atoms with Crippen molar-refractivity contribution in [2.75, 3.05) is 24.1 Å². The highest BCUT2D eigenvalue weighted by Gasteiger charge is 2.51. The van der Waals surface area contributed by atoms with E-state index in [1.165, 1.54) is 0 Å². The molecule has 1 saturated heterocycles. The molecule has 9 nitrogen and oxygen atoms in total. The summed E-state index contributed by atoms with van der Waals surface area (Å²) in [6.45, 7) is 0.903. The van der Waals surface area contributed by atoms with Crippen molar-refractivity contribution in [2.24, 2.45) is 0 Å². The molecule has 3 heterocycles. The van der Waals surface area contributed by atoms with Gasteiger partial charge in [-0.25, -0.2) is 14.8 Å². The number of benzene rings is 2. The van der Waals surface area contributed by atoms with Gasteiger partial charge in [0.15, 0.2) is 15.8 Å². The van der Waals surface area contributed by atoms with Crippen LogP contribution in [-0.4, -0.2) is 44.5 Å². The second-order valence-electron chi connectivity index (χ2n) is 7.96. The van der Waals surface area contributed by atoms with E-state index in [0.29, 0.717) is 18.2 Å². The topological polar surface area (TPSA) is 123 Å². The van der Waals surface area contributed by atoms with Gasteiger partial charge in [-0.05, 0) is 23.8 Å². The van der Waals surface area contributed by atoms with Gasteiger partial charge in [0.2, 0.25) is 0 Å². The molecule has 2 aromatic heterocycles. The molecule has 168 valence electrons. The van der Waals surface area contributed by atoms with Crippen molar-refractivity contribution in [3.05, 3.63) is 65.3 Å². The Morgan fingerprint density at radius 3 is 2.73 bits per heavy atom. The number of aromatic amines is 1. The average Bonchev–Trinajstić information content (AvgIpc) is 3.58. The predicted molar refractivity (Wildman–Crippen MR) is 126 cm³/mol. The summed E-state index contributed by atoms with van der Waals surface area (Å²) in [7, 11) is 0. The molecule has 5 rings (SSSR count). The van der Waals surface area contributed by atoms with Gasteiger partial charge in [-0.3, -0.25) is 0 Å². The molecule has 0 bridgehead atoms. The Hall–Kier alpha value is -3.76. The number of imidazole rings is 1. The number of nitrogens with one attached hydrogen (secondary N) is 2. The minimum atomic E-state index is -0.548. The molecule has 0 unspecified atom stereocenters. The van der Waals surface area contributed by atoms with Gasteiger partial charge in [-0.15, -0.1) is 0 Å². The lowest BCUT2D eigenvalue weighted by Crippen LogP contribution is -2.55. The Balaban J connectivity index is 1.36. The van der Waals surface area contributed by atoms with Crippen molar-refractivity contribution in [2.45, 2.75) is 19.4 Å². The molecule has 33 heavy (non-hydrogen) atoms. The van der Waals surface area contributed by atoms with E-state index in [2.05, 4.69) is 20.3 Å². The van der Waals surface area contributed by atoms with Crippen LogP contribution < -0.4 is 11.1 Å². The van der Waals surface area contributed by atoms with Crippen molar-refractivity contribution >= 4 is 51.0 Å². The number of aromatic nitrogens is 3. The largest absolute Gasteiger partial charge is 0.524 e. The molecule has 2 aromatic carbocycles. The van der Waals surface area contributed by atoms with E-state index in [1.54, 1.807) is 6.33 Å². The fraction of sp³-hybridized carbons (Fsp3) is 0.217. The zero-order valence-electron chi connectivity index (χ0n) is 17.8. The number of thiazole rings is 1. The zero-order valence-corrected chi connectivity index (χ0v) is 18.6. The average molecular weight is 464 g/mol. The summed E-state index contributed by atoms with van der Waals surface area (Å²) in [5, 5.41) is 3.66. The number of hydrogen-bond acceptors (Lipinski definition) is 8. The lowest BCUT2D eigenvalue weighted by molar-refractivity contribution is -0.762. The number of likely N-dealkylation sites (tertiary alicyclic amines) is 1. The number of imide groups is 1. The molecule has 0 atom stereocenters. The number of ether oxygens (including phenoxy) is 1. The maximum Gasteiger partial charge on any atom is 0.524 e. The summed E-state index contributed by atoms with van der Waals surface area (Å²) in [6, 6.07) is 15.1. The Morgan fingerprint density at radius 2 is 1.94 bits per heavy atom. The maximum absolute atomic E-state index is 13.6. The van der Waals surface area contributed by atoms with Crippen LogP contribution in [0.3, 0.4) is 0 Å². The molecular formula is C23H23N6O3S+. The van der Waals surface area contributed by atoms with Gasteiger partial charge < -0.3 is 20.8 Å². The third-order valence-electron chi connectivity index (χ3n) is 5.79. The molecule has 1 aliphatic heterocycles. The lowest BCUT2D eigenvalue weighted by Gasteiger charge is -2.26. The second-order valence-corrected chi connectivity index (χ2v) is 8.96. The number of quaternary nitrogens is 1. The van der Waals surface area contributed by atoms with E-state index < -0.39 is 10.6 Å². The summed E-state index contributed by atoms with van der Waals surface area (Å²) in [4.78, 5) is 38.5. The number of fused-ring (bicyclic) bond motifs is 1. The molecule has 4 aromatic rings. The Kier molecular flexibility index (Phi) is 5.53. The van der Waals surface area contributed by atoms with E-state index in [1.807, 2.05) is 48.5 Å². The molecule has 2 amide bonds. The van der Waals surface area contributed by atoms with E-state index in [-0.39, 0.29) is 23.2 Å². The van der Waals surface area contributed by atoms with Crippen LogP contribution in [0.5, 0.6) is 0 Å². The molecular weight excluding hydrogens is 440 g/mol. The van der Waals surface area contributed by atoms with Crippen LogP contribution in [0, 0.1) is 0 Å². The molecule has 1 aliphatic rings. The molecule has 10 heteroatoms. The van der Waals surface area contributed by atoms with Gasteiger partial charge in [0.1, 0.15) is 6.61 Å². The van der Waals surface area contributed by atoms with Crippen LogP contribution in [0.15, 0.2) is 54.9 Å². The summed E-state index contributed by atoms with van der Waals surface area (Å²) in [5.41, 5.74) is 9.50. The molecule has 0 spiro atoms. The van der Waals surface area contributed by atoms with E-state index >= 15 is 0 Å². The molecule has 0 aliphatic carbocycles. The van der Waals surface area contributed by atoms with Crippen molar-refractivity contribution in [3.8, 4) is 0 Å². The molecule has 0 radical (unpaired) electrons. The number of anilines is 3. The van der Waals surface area contributed by atoms with E-state index in [0.717, 1.165) is 46.5 Å². The van der Waals surface area contributed by atoms with Crippen LogP contribution in [-0.2, 0) is 11.3 Å². The number of carbonyl (C=O) groups is 2. The fourth-order valence-electron chi connectivity index (χ4n) is 4.06. The highest BCUT2D eigenvalue weighted by molar-refractivity contribution is 7.18. The van der Waals surface area contributed by atoms with Crippen LogP contribution in [0.25, 0.3) is 11.0 Å². The Labute approximate surface area is 193 Å². The third-order valence-corrected chi connectivity index (χ3v) is 6.77. The second kappa shape index (κ2) is 8.64. The Morgan fingerprint density at radius 1 is 1.15 bits per heavy atom. The minimum absolute atomic E-state index is 0.107. The number of H-pyrrole nitrogens is 1. The molecule has 1 fully saturated rings. The normalized spacial score (nSPS) is 14.9. The molecule has 4 N–H and O–H groups in total. The van der Waals surface area contributed by atoms with Crippen LogP contribution in [0.1, 0.15) is 28.1 Å².